The number of unbranched alkanes of at least 4 members (excludes halogenated alkanes) is 34. The Morgan fingerprint density at radius 2 is 0.823 bits per heavy atom. The smallest absolute Gasteiger partial charge is 0.306 e. The van der Waals surface area contributed by atoms with E-state index >= 15 is 0 Å². The Morgan fingerprint density at radius 1 is 0.468 bits per heavy atom. The van der Waals surface area contributed by atoms with Gasteiger partial charge < -0.3 is 20.3 Å². The van der Waals surface area contributed by atoms with Gasteiger partial charge in [-0.1, -0.05) is 251 Å². The molecule has 0 aromatic heterocycles. The zero-order valence-electron chi connectivity index (χ0n) is 41.8. The van der Waals surface area contributed by atoms with Gasteiger partial charge in [-0.15, -0.1) is 0 Å². The lowest BCUT2D eigenvalue weighted by molar-refractivity contribution is -0.151. The molecule has 3 atom stereocenters. The quantitative estimate of drug-likeness (QED) is 0.0321. The van der Waals surface area contributed by atoms with E-state index in [4.69, 9.17) is 4.74 Å². The topological polar surface area (TPSA) is 95.9 Å². The van der Waals surface area contributed by atoms with Gasteiger partial charge in [-0.05, 0) is 57.8 Å². The zero-order valence-corrected chi connectivity index (χ0v) is 41.8. The first-order valence-electron chi connectivity index (χ1n) is 27.6. The normalized spacial score (nSPS) is 13.3. The van der Waals surface area contributed by atoms with Gasteiger partial charge in [0.1, 0.15) is 6.10 Å². The van der Waals surface area contributed by atoms with E-state index in [0.717, 1.165) is 64.2 Å². The number of carbonyl (C=O) groups excluding carboxylic acids is 2. The molecule has 0 aliphatic heterocycles. The van der Waals surface area contributed by atoms with Crippen molar-refractivity contribution < 1.29 is 24.5 Å². The van der Waals surface area contributed by atoms with Crippen LogP contribution >= 0.6 is 0 Å². The molecule has 0 heterocycles. The summed E-state index contributed by atoms with van der Waals surface area (Å²) in [6, 6.07) is -0.701. The summed E-state index contributed by atoms with van der Waals surface area (Å²) in [7, 11) is 0. The number of hydrogen-bond acceptors (Lipinski definition) is 5. The second-order valence-electron chi connectivity index (χ2n) is 19.0. The van der Waals surface area contributed by atoms with Crippen LogP contribution in [0.15, 0.2) is 24.3 Å². The maximum absolute atomic E-state index is 13.2. The molecule has 62 heavy (non-hydrogen) atoms. The summed E-state index contributed by atoms with van der Waals surface area (Å²) >= 11 is 0. The van der Waals surface area contributed by atoms with Gasteiger partial charge >= 0.3 is 5.97 Å². The molecule has 366 valence electrons. The van der Waals surface area contributed by atoms with Crippen molar-refractivity contribution in [3.63, 3.8) is 0 Å². The van der Waals surface area contributed by atoms with E-state index in [0.29, 0.717) is 19.3 Å². The molecule has 0 aliphatic carbocycles. The van der Waals surface area contributed by atoms with Crippen molar-refractivity contribution in [2.45, 2.75) is 315 Å². The summed E-state index contributed by atoms with van der Waals surface area (Å²) in [6.45, 7) is 6.48. The van der Waals surface area contributed by atoms with Crippen LogP contribution in [0.1, 0.15) is 297 Å². The molecule has 3 unspecified atom stereocenters. The number of nitrogens with one attached hydrogen (secondary N) is 1. The number of amides is 1. The van der Waals surface area contributed by atoms with Crippen LogP contribution in [-0.4, -0.2) is 46.9 Å². The van der Waals surface area contributed by atoms with E-state index in [2.05, 4.69) is 50.4 Å². The lowest BCUT2D eigenvalue weighted by atomic mass is 10.0. The van der Waals surface area contributed by atoms with E-state index in [-0.39, 0.29) is 24.9 Å². The molecule has 6 heteroatoms. The number of rotatable bonds is 50. The van der Waals surface area contributed by atoms with Gasteiger partial charge in [0.2, 0.25) is 5.91 Å². The van der Waals surface area contributed by atoms with E-state index in [1.54, 1.807) is 0 Å². The first-order chi connectivity index (χ1) is 30.5. The Hall–Kier alpha value is -1.66. The highest BCUT2D eigenvalue weighted by atomic mass is 16.5. The van der Waals surface area contributed by atoms with Crippen molar-refractivity contribution in [1.29, 1.82) is 0 Å². The fourth-order valence-corrected chi connectivity index (χ4v) is 8.58. The predicted molar refractivity (Wildman–Crippen MR) is 269 cm³/mol. The van der Waals surface area contributed by atoms with Crippen LogP contribution < -0.4 is 5.32 Å². The third kappa shape index (κ3) is 44.9. The van der Waals surface area contributed by atoms with Crippen LogP contribution in [-0.2, 0) is 14.3 Å². The van der Waals surface area contributed by atoms with E-state index in [9.17, 15) is 19.8 Å². The number of carbonyl (C=O) groups is 2. The molecular formula is C56H107NO5. The summed E-state index contributed by atoms with van der Waals surface area (Å²) < 4.78 is 5.95. The molecule has 0 spiro atoms. The molecular weight excluding hydrogens is 767 g/mol. The maximum Gasteiger partial charge on any atom is 0.306 e. The number of allylic oxidation sites excluding steroid dienone is 4. The molecule has 0 aromatic rings. The zero-order chi connectivity index (χ0) is 45.2. The van der Waals surface area contributed by atoms with Crippen molar-refractivity contribution in [1.82, 2.24) is 5.32 Å². The number of aliphatic hydroxyl groups excluding tert-OH is 2. The highest BCUT2D eigenvalue weighted by molar-refractivity contribution is 5.77. The van der Waals surface area contributed by atoms with Crippen molar-refractivity contribution in [2.75, 3.05) is 6.61 Å². The van der Waals surface area contributed by atoms with Gasteiger partial charge in [-0.2, -0.15) is 0 Å². The minimum absolute atomic E-state index is 0.0737. The summed E-state index contributed by atoms with van der Waals surface area (Å²) in [5.41, 5.74) is 0. The molecule has 6 nitrogen and oxygen atoms in total. The highest BCUT2D eigenvalue weighted by Gasteiger charge is 2.24. The van der Waals surface area contributed by atoms with Crippen molar-refractivity contribution >= 4 is 11.9 Å². The van der Waals surface area contributed by atoms with Crippen molar-refractivity contribution in [2.24, 2.45) is 0 Å². The molecule has 0 aromatic carbocycles. The van der Waals surface area contributed by atoms with Crippen LogP contribution in [0.25, 0.3) is 0 Å². The van der Waals surface area contributed by atoms with Crippen molar-refractivity contribution in [3.8, 4) is 0 Å². The number of aliphatic hydroxyl groups is 2. The summed E-state index contributed by atoms with van der Waals surface area (Å²) in [6.07, 6.45) is 58.1. The largest absolute Gasteiger partial charge is 0.462 e. The van der Waals surface area contributed by atoms with Crippen LogP contribution in [0.3, 0.4) is 0 Å². The average molecular weight is 874 g/mol. The van der Waals surface area contributed by atoms with E-state index < -0.39 is 18.2 Å². The lowest BCUT2D eigenvalue weighted by Gasteiger charge is -2.24. The summed E-state index contributed by atoms with van der Waals surface area (Å²) in [5.74, 6) is -0.471. The molecule has 0 radical (unpaired) electrons. The fraction of sp³-hybridized carbons (Fsp3) is 0.893. The van der Waals surface area contributed by atoms with Gasteiger partial charge in [-0.25, -0.2) is 0 Å². The Balaban J connectivity index is 4.54. The summed E-state index contributed by atoms with van der Waals surface area (Å²) in [5, 5.41) is 23.8. The second kappa shape index (κ2) is 50.3. The minimum atomic E-state index is -0.787. The van der Waals surface area contributed by atoms with Gasteiger partial charge in [-0.3, -0.25) is 9.59 Å². The molecule has 3 N–H and O–H groups in total. The van der Waals surface area contributed by atoms with Crippen LogP contribution in [0.5, 0.6) is 0 Å². The molecule has 0 aliphatic rings. The van der Waals surface area contributed by atoms with Gasteiger partial charge in [0.05, 0.1) is 25.2 Å². The predicted octanol–water partition coefficient (Wildman–Crippen LogP) is 16.7. The van der Waals surface area contributed by atoms with Crippen LogP contribution in [0.2, 0.25) is 0 Å². The fourth-order valence-electron chi connectivity index (χ4n) is 8.58. The monoisotopic (exact) mass is 874 g/mol. The van der Waals surface area contributed by atoms with Crippen molar-refractivity contribution in [3.05, 3.63) is 24.3 Å². The molecule has 0 saturated carbocycles. The lowest BCUT2D eigenvalue weighted by Crippen LogP contribution is -2.46. The molecule has 0 rings (SSSR count). The molecule has 0 fully saturated rings. The van der Waals surface area contributed by atoms with Crippen LogP contribution in [0.4, 0.5) is 0 Å². The first kappa shape index (κ1) is 60.3. The number of esters is 1. The average Bonchev–Trinajstić information content (AvgIpc) is 3.26. The SMILES string of the molecule is CCCCC/C=C\C/C=C\CCCCCCCC(CC(=O)NC(CO)C(O)CCCCCCCCCCCCC)OC(=O)CCCCCCCCCCCCCCCCCCC. The Morgan fingerprint density at radius 3 is 1.26 bits per heavy atom. The Kier molecular flexibility index (Phi) is 49.0. The van der Waals surface area contributed by atoms with E-state index in [1.807, 2.05) is 0 Å². The number of hydrogen-bond donors (Lipinski definition) is 3. The van der Waals surface area contributed by atoms with Gasteiger partial charge in [0, 0.05) is 6.42 Å². The van der Waals surface area contributed by atoms with Crippen LogP contribution in [0, 0.1) is 0 Å². The maximum atomic E-state index is 13.2. The van der Waals surface area contributed by atoms with E-state index in [1.165, 1.54) is 186 Å². The third-order valence-corrected chi connectivity index (χ3v) is 12.8. The highest BCUT2D eigenvalue weighted by Crippen LogP contribution is 2.18. The number of ether oxygens (including phenoxy) is 1. The Bertz CT molecular complexity index is 981. The Labute approximate surface area is 386 Å². The molecule has 0 bridgehead atoms. The molecule has 1 amide bonds. The second-order valence-corrected chi connectivity index (χ2v) is 19.0. The third-order valence-electron chi connectivity index (χ3n) is 12.8. The van der Waals surface area contributed by atoms with Gasteiger partial charge in [0.25, 0.3) is 0 Å². The standard InChI is InChI=1S/C56H107NO5/c1-4-7-10-13-16-19-22-24-26-27-29-31-34-37-40-43-46-49-56(61)62-52(47-44-41-38-35-33-30-28-25-23-20-17-14-11-8-5-2)50-55(60)57-53(51-58)54(59)48-45-42-39-36-32-21-18-15-12-9-6-3/h17,20,25,28,52-54,58-59H,4-16,18-19,21-24,26-27,29-51H2,1-3H3,(H,57,60)/b20-17-,28-25-. The summed E-state index contributed by atoms with van der Waals surface area (Å²) in [4.78, 5) is 26.2. The first-order valence-corrected chi connectivity index (χ1v) is 27.6. The van der Waals surface area contributed by atoms with Gasteiger partial charge in [0.15, 0.2) is 0 Å². The minimum Gasteiger partial charge on any atom is -0.462 e. The molecule has 0 saturated heterocycles.